The van der Waals surface area contributed by atoms with Gasteiger partial charge in [0.2, 0.25) is 5.91 Å². The molecule has 0 N–H and O–H groups in total. The van der Waals surface area contributed by atoms with Crippen LogP contribution in [0.5, 0.6) is 0 Å². The summed E-state index contributed by atoms with van der Waals surface area (Å²) in [7, 11) is 1.56. The summed E-state index contributed by atoms with van der Waals surface area (Å²) in [5.41, 5.74) is 2.77. The summed E-state index contributed by atoms with van der Waals surface area (Å²) in [5.74, 6) is -0.668. The second-order valence-electron chi connectivity index (χ2n) is 7.21. The van der Waals surface area contributed by atoms with E-state index in [1.807, 2.05) is 13.0 Å². The van der Waals surface area contributed by atoms with Crippen LogP contribution < -0.4 is 4.90 Å². The van der Waals surface area contributed by atoms with E-state index in [0.717, 1.165) is 5.56 Å². The predicted octanol–water partition coefficient (Wildman–Crippen LogP) is 5.51. The second-order valence-corrected chi connectivity index (χ2v) is 7.60. The van der Waals surface area contributed by atoms with Gasteiger partial charge in [-0.2, -0.15) is 0 Å². The van der Waals surface area contributed by atoms with Gasteiger partial charge in [0.25, 0.3) is 0 Å². The van der Waals surface area contributed by atoms with E-state index in [-0.39, 0.29) is 17.4 Å². The molecule has 0 saturated heterocycles. The minimum absolute atomic E-state index is 0.0356. The number of hydrogen-bond acceptors (Lipinski definition) is 4. The van der Waals surface area contributed by atoms with Gasteiger partial charge in [0.1, 0.15) is 11.0 Å². The molecule has 0 aliphatic carbocycles. The van der Waals surface area contributed by atoms with Crippen LogP contribution in [0.2, 0.25) is 5.15 Å². The van der Waals surface area contributed by atoms with Crippen molar-refractivity contribution in [3.8, 4) is 11.3 Å². The quantitative estimate of drug-likeness (QED) is 0.342. The number of amides is 1. The van der Waals surface area contributed by atoms with Crippen LogP contribution in [0.25, 0.3) is 11.3 Å². The maximum atomic E-state index is 14.6. The monoisotopic (exact) mass is 439 g/mol. The van der Waals surface area contributed by atoms with Crippen LogP contribution in [0.1, 0.15) is 42.1 Å². The fraction of sp³-hybridized carbons (Fsp3) is 0.250. The Morgan fingerprint density at radius 2 is 1.84 bits per heavy atom. The zero-order valence-corrected chi connectivity index (χ0v) is 18.2. The number of rotatable bonds is 8. The third-order valence-corrected chi connectivity index (χ3v) is 5.18. The number of ketones is 1. The fourth-order valence-electron chi connectivity index (χ4n) is 3.14. The highest BCUT2D eigenvalue weighted by Crippen LogP contribution is 2.26. The molecule has 5 nitrogen and oxygen atoms in total. The lowest BCUT2D eigenvalue weighted by Crippen LogP contribution is -2.26. The van der Waals surface area contributed by atoms with Crippen molar-refractivity contribution in [3.05, 3.63) is 77.0 Å². The molecule has 3 rings (SSSR count). The van der Waals surface area contributed by atoms with Crippen molar-refractivity contribution < 1.29 is 14.0 Å². The Labute approximate surface area is 185 Å². The van der Waals surface area contributed by atoms with Gasteiger partial charge in [0.05, 0.1) is 11.4 Å². The van der Waals surface area contributed by atoms with E-state index in [2.05, 4.69) is 9.97 Å². The molecular weight excluding hydrogens is 417 g/mol. The molecule has 0 unspecified atom stereocenters. The number of anilines is 1. The van der Waals surface area contributed by atoms with E-state index in [9.17, 15) is 14.0 Å². The van der Waals surface area contributed by atoms with E-state index in [1.54, 1.807) is 43.6 Å². The van der Waals surface area contributed by atoms with Crippen molar-refractivity contribution in [2.24, 2.45) is 0 Å². The molecule has 0 saturated carbocycles. The molecule has 160 valence electrons. The first-order chi connectivity index (χ1) is 14.9. The Morgan fingerprint density at radius 3 is 2.45 bits per heavy atom. The molecule has 0 atom stereocenters. The number of carbonyl (C=O) groups excluding carboxylic acids is 2. The number of aromatic nitrogens is 2. The molecule has 31 heavy (non-hydrogen) atoms. The third-order valence-electron chi connectivity index (χ3n) is 4.96. The number of carbonyl (C=O) groups is 2. The molecule has 1 amide bonds. The topological polar surface area (TPSA) is 63.2 Å². The summed E-state index contributed by atoms with van der Waals surface area (Å²) in [6.07, 6.45) is 5.11. The Kier molecular flexibility index (Phi) is 7.47. The molecule has 0 fully saturated rings. The van der Waals surface area contributed by atoms with Gasteiger partial charge < -0.3 is 4.90 Å². The third kappa shape index (κ3) is 5.73. The first-order valence-electron chi connectivity index (χ1n) is 10.0. The normalized spacial score (nSPS) is 10.7. The molecule has 7 heteroatoms. The predicted molar refractivity (Wildman–Crippen MR) is 120 cm³/mol. The van der Waals surface area contributed by atoms with E-state index in [1.165, 1.54) is 17.2 Å². The Bertz CT molecular complexity index is 1070. The van der Waals surface area contributed by atoms with E-state index >= 15 is 0 Å². The summed E-state index contributed by atoms with van der Waals surface area (Å²) in [6, 6.07) is 11.5. The maximum absolute atomic E-state index is 14.6. The second kappa shape index (κ2) is 10.3. The highest BCUT2D eigenvalue weighted by atomic mass is 35.5. The van der Waals surface area contributed by atoms with Crippen LogP contribution >= 0.6 is 11.6 Å². The molecule has 3 aromatic rings. The first kappa shape index (κ1) is 22.6. The van der Waals surface area contributed by atoms with Gasteiger partial charge in [-0.1, -0.05) is 30.7 Å². The van der Waals surface area contributed by atoms with Gasteiger partial charge in [0.15, 0.2) is 5.78 Å². The molecule has 0 aliphatic rings. The molecular formula is C24H23ClFN3O2. The number of hydrogen-bond donors (Lipinski definition) is 0. The van der Waals surface area contributed by atoms with Crippen LogP contribution in [0, 0.1) is 5.82 Å². The zero-order valence-electron chi connectivity index (χ0n) is 17.4. The van der Waals surface area contributed by atoms with Crippen LogP contribution in [0.3, 0.4) is 0 Å². The van der Waals surface area contributed by atoms with Crippen LogP contribution in [0.4, 0.5) is 10.1 Å². The van der Waals surface area contributed by atoms with Crippen molar-refractivity contribution >= 4 is 29.0 Å². The summed E-state index contributed by atoms with van der Waals surface area (Å²) in [6.45, 7) is 1.90. The average molecular weight is 440 g/mol. The maximum Gasteiger partial charge on any atom is 0.226 e. The number of benzene rings is 1. The SMILES string of the molecule is CCCC(=O)N(C)c1ccc(-c2ccc(C(=O)CCc3ccc(Cl)nc3)cn2)cc1F. The van der Waals surface area contributed by atoms with Gasteiger partial charge in [-0.05, 0) is 48.7 Å². The van der Waals surface area contributed by atoms with E-state index in [4.69, 9.17) is 11.6 Å². The first-order valence-corrected chi connectivity index (χ1v) is 10.4. The Hall–Kier alpha value is -3.12. The van der Waals surface area contributed by atoms with E-state index < -0.39 is 5.82 Å². The number of aryl methyl sites for hydroxylation is 1. The fourth-order valence-corrected chi connectivity index (χ4v) is 3.25. The van der Waals surface area contributed by atoms with Gasteiger partial charge >= 0.3 is 0 Å². The molecule has 2 heterocycles. The summed E-state index contributed by atoms with van der Waals surface area (Å²) >= 11 is 5.77. The summed E-state index contributed by atoms with van der Waals surface area (Å²) < 4.78 is 14.6. The van der Waals surface area contributed by atoms with Crippen LogP contribution in [-0.4, -0.2) is 28.7 Å². The number of nitrogens with zero attached hydrogens (tertiary/aromatic N) is 3. The van der Waals surface area contributed by atoms with Crippen LogP contribution in [0.15, 0.2) is 54.9 Å². The minimum atomic E-state index is -0.497. The molecule has 0 spiro atoms. The van der Waals surface area contributed by atoms with E-state index in [0.29, 0.717) is 47.7 Å². The molecule has 2 aromatic heterocycles. The lowest BCUT2D eigenvalue weighted by atomic mass is 10.0. The highest BCUT2D eigenvalue weighted by molar-refractivity contribution is 6.29. The van der Waals surface area contributed by atoms with Crippen molar-refractivity contribution in [1.29, 1.82) is 0 Å². The van der Waals surface area contributed by atoms with Crippen LogP contribution in [-0.2, 0) is 11.2 Å². The smallest absolute Gasteiger partial charge is 0.226 e. The minimum Gasteiger partial charge on any atom is -0.313 e. The average Bonchev–Trinajstić information content (AvgIpc) is 2.78. The van der Waals surface area contributed by atoms with Crippen molar-refractivity contribution in [2.75, 3.05) is 11.9 Å². The number of halogens is 2. The Morgan fingerprint density at radius 1 is 1.03 bits per heavy atom. The lowest BCUT2D eigenvalue weighted by molar-refractivity contribution is -0.118. The molecule has 0 radical (unpaired) electrons. The molecule has 1 aromatic carbocycles. The highest BCUT2D eigenvalue weighted by Gasteiger charge is 2.15. The van der Waals surface area contributed by atoms with Gasteiger partial charge in [-0.25, -0.2) is 9.37 Å². The van der Waals surface area contributed by atoms with Crippen molar-refractivity contribution in [3.63, 3.8) is 0 Å². The standard InChI is InChI=1S/C24H23ClFN3O2/c1-3-4-24(31)29(2)21-10-8-17(13-19(21)26)20-9-7-18(15-27-20)22(30)11-5-16-6-12-23(25)28-14-16/h6-10,12-15H,3-5,11H2,1-2H3. The molecule has 0 aliphatic heterocycles. The number of Topliss-reactive ketones (excluding diaryl/α,β-unsaturated/α-hetero) is 1. The summed E-state index contributed by atoms with van der Waals surface area (Å²) in [4.78, 5) is 34.1. The van der Waals surface area contributed by atoms with Gasteiger partial charge in [-0.15, -0.1) is 0 Å². The van der Waals surface area contributed by atoms with Crippen molar-refractivity contribution in [1.82, 2.24) is 9.97 Å². The van der Waals surface area contributed by atoms with Crippen molar-refractivity contribution in [2.45, 2.75) is 32.6 Å². The van der Waals surface area contributed by atoms with Gasteiger partial charge in [0, 0.05) is 43.4 Å². The molecule has 0 bridgehead atoms. The number of pyridine rings is 2. The lowest BCUT2D eigenvalue weighted by Gasteiger charge is -2.18. The zero-order chi connectivity index (χ0) is 22.4. The summed E-state index contributed by atoms with van der Waals surface area (Å²) in [5, 5.41) is 0.415. The van der Waals surface area contributed by atoms with Gasteiger partial charge in [-0.3, -0.25) is 14.6 Å². The largest absolute Gasteiger partial charge is 0.313 e. The Balaban J connectivity index is 1.67.